The molecule has 1 fully saturated rings. The minimum absolute atomic E-state index is 0.236. The van der Waals surface area contributed by atoms with Gasteiger partial charge in [0.2, 0.25) is 12.1 Å². The number of ether oxygens (including phenoxy) is 1. The number of nitrogens with one attached hydrogen (secondary N) is 3. The number of urea groups is 1. The van der Waals surface area contributed by atoms with Gasteiger partial charge < -0.3 is 25.6 Å². The van der Waals surface area contributed by atoms with Crippen LogP contribution in [0.5, 0.6) is 0 Å². The van der Waals surface area contributed by atoms with E-state index in [-0.39, 0.29) is 11.8 Å². The standard InChI is InChI=1S/C33H41N7O4/c1-33(2,3)44-32(43)40-19-18-34-30(40)35-21-22-12-11-15-24(20-22)36-31(42)38-28-29(41)39(4)26-17-10-9-16-25(26)27(37-28)23-13-7-5-6-8-14-23/h9-12,15-20,23,28H,5-8,13-14,21H2,1-4H3,(H,34,35)(H2,36,38,42)/t28-/m0/s1. The van der Waals surface area contributed by atoms with E-state index in [0.29, 0.717) is 18.2 Å². The zero-order valence-corrected chi connectivity index (χ0v) is 25.8. The van der Waals surface area contributed by atoms with E-state index in [1.54, 1.807) is 38.8 Å². The molecule has 1 atom stereocenters. The third-order valence-corrected chi connectivity index (χ3v) is 7.75. The van der Waals surface area contributed by atoms with E-state index in [0.717, 1.165) is 48.2 Å². The molecule has 0 unspecified atom stereocenters. The van der Waals surface area contributed by atoms with Gasteiger partial charge in [0.1, 0.15) is 5.60 Å². The van der Waals surface area contributed by atoms with E-state index >= 15 is 0 Å². The molecule has 2 aliphatic rings. The Kier molecular flexibility index (Phi) is 9.32. The average Bonchev–Trinajstić information content (AvgIpc) is 3.26. The number of hydrogen-bond donors (Lipinski definition) is 3. The van der Waals surface area contributed by atoms with E-state index in [4.69, 9.17) is 9.73 Å². The minimum atomic E-state index is -1.05. The van der Waals surface area contributed by atoms with Gasteiger partial charge in [-0.15, -0.1) is 0 Å². The molecule has 0 saturated heterocycles. The Labute approximate surface area is 258 Å². The second-order valence-corrected chi connectivity index (χ2v) is 12.3. The molecule has 3 N–H and O–H groups in total. The van der Waals surface area contributed by atoms with Crippen molar-refractivity contribution in [3.05, 3.63) is 72.1 Å². The van der Waals surface area contributed by atoms with E-state index in [2.05, 4.69) is 20.9 Å². The number of imidazole rings is 1. The van der Waals surface area contributed by atoms with E-state index < -0.39 is 23.9 Å². The normalized spacial score (nSPS) is 17.5. The molecule has 232 valence electrons. The van der Waals surface area contributed by atoms with Gasteiger partial charge in [0.05, 0.1) is 11.4 Å². The average molecular weight is 600 g/mol. The maximum atomic E-state index is 13.5. The number of hydrogen-bond acceptors (Lipinski definition) is 7. The molecule has 1 aromatic heterocycles. The summed E-state index contributed by atoms with van der Waals surface area (Å²) in [4.78, 5) is 50.0. The number of carbonyl (C=O) groups excluding carboxylic acids is 3. The highest BCUT2D eigenvalue weighted by Crippen LogP contribution is 2.33. The van der Waals surface area contributed by atoms with Gasteiger partial charge in [-0.05, 0) is 57.4 Å². The lowest BCUT2D eigenvalue weighted by molar-refractivity contribution is -0.119. The van der Waals surface area contributed by atoms with Crippen LogP contribution in [0.25, 0.3) is 0 Å². The molecule has 11 nitrogen and oxygen atoms in total. The van der Waals surface area contributed by atoms with Crippen LogP contribution in [0, 0.1) is 5.92 Å². The number of benzodiazepines with no additional fused rings is 1. The number of carbonyl (C=O) groups is 3. The first-order valence-electron chi connectivity index (χ1n) is 15.2. The van der Waals surface area contributed by atoms with Crippen LogP contribution in [-0.4, -0.2) is 52.1 Å². The van der Waals surface area contributed by atoms with Gasteiger partial charge in [-0.2, -0.15) is 0 Å². The number of para-hydroxylation sites is 1. The lowest BCUT2D eigenvalue weighted by Crippen LogP contribution is -2.47. The van der Waals surface area contributed by atoms with Crippen LogP contribution in [0.1, 0.15) is 70.4 Å². The third kappa shape index (κ3) is 7.45. The van der Waals surface area contributed by atoms with Crippen LogP contribution >= 0.6 is 0 Å². The fourth-order valence-electron chi connectivity index (χ4n) is 5.65. The molecule has 3 amide bonds. The quantitative estimate of drug-likeness (QED) is 0.291. The summed E-state index contributed by atoms with van der Waals surface area (Å²) in [5, 5.41) is 8.80. The van der Waals surface area contributed by atoms with Crippen LogP contribution < -0.4 is 20.9 Å². The molecule has 1 aliphatic heterocycles. The summed E-state index contributed by atoms with van der Waals surface area (Å²) in [6, 6.07) is 14.6. The lowest BCUT2D eigenvalue weighted by atomic mass is 9.89. The summed E-state index contributed by atoms with van der Waals surface area (Å²) in [7, 11) is 1.73. The predicted molar refractivity (Wildman–Crippen MR) is 171 cm³/mol. The minimum Gasteiger partial charge on any atom is -0.443 e. The van der Waals surface area contributed by atoms with Crippen molar-refractivity contribution in [2.24, 2.45) is 10.9 Å². The highest BCUT2D eigenvalue weighted by atomic mass is 16.6. The highest BCUT2D eigenvalue weighted by Gasteiger charge is 2.33. The summed E-state index contributed by atoms with van der Waals surface area (Å²) in [5.41, 5.74) is 3.40. The van der Waals surface area contributed by atoms with Crippen LogP contribution in [-0.2, 0) is 16.1 Å². The van der Waals surface area contributed by atoms with Crippen LogP contribution in [0.15, 0.2) is 65.9 Å². The topological polar surface area (TPSA) is 130 Å². The van der Waals surface area contributed by atoms with Crippen LogP contribution in [0.4, 0.5) is 26.9 Å². The maximum absolute atomic E-state index is 13.5. The van der Waals surface area contributed by atoms with Gasteiger partial charge in [-0.1, -0.05) is 56.0 Å². The van der Waals surface area contributed by atoms with Crippen molar-refractivity contribution in [2.75, 3.05) is 22.6 Å². The van der Waals surface area contributed by atoms with Crippen LogP contribution in [0.2, 0.25) is 0 Å². The Hall–Kier alpha value is -4.67. The molecule has 1 aliphatic carbocycles. The first-order chi connectivity index (χ1) is 21.1. The molecule has 3 aromatic rings. The zero-order chi connectivity index (χ0) is 31.3. The molecular weight excluding hydrogens is 558 g/mol. The fourth-order valence-corrected chi connectivity index (χ4v) is 5.65. The van der Waals surface area contributed by atoms with Crippen molar-refractivity contribution in [1.29, 1.82) is 0 Å². The van der Waals surface area contributed by atoms with Crippen molar-refractivity contribution in [3.8, 4) is 0 Å². The molecule has 0 bridgehead atoms. The first-order valence-corrected chi connectivity index (χ1v) is 15.2. The Morgan fingerprint density at radius 2 is 1.77 bits per heavy atom. The lowest BCUT2D eigenvalue weighted by Gasteiger charge is -2.21. The summed E-state index contributed by atoms with van der Waals surface area (Å²) in [6.07, 6.45) is 8.16. The predicted octanol–water partition coefficient (Wildman–Crippen LogP) is 6.16. The molecule has 0 radical (unpaired) electrons. The fraction of sp³-hybridized carbons (Fsp3) is 0.424. The molecular formula is C33H41N7O4. The van der Waals surface area contributed by atoms with Crippen molar-refractivity contribution in [1.82, 2.24) is 14.9 Å². The molecule has 0 spiro atoms. The summed E-state index contributed by atoms with van der Waals surface area (Å²) < 4.78 is 6.75. The number of anilines is 3. The molecule has 11 heteroatoms. The smallest absolute Gasteiger partial charge is 0.421 e. The van der Waals surface area contributed by atoms with Crippen LogP contribution in [0.3, 0.4) is 0 Å². The van der Waals surface area contributed by atoms with Gasteiger partial charge >= 0.3 is 12.1 Å². The summed E-state index contributed by atoms with van der Waals surface area (Å²) in [5.74, 6) is 0.282. The van der Waals surface area contributed by atoms with Gasteiger partial charge in [0, 0.05) is 43.2 Å². The number of benzene rings is 2. The molecule has 44 heavy (non-hydrogen) atoms. The number of nitrogens with zero attached hydrogens (tertiary/aromatic N) is 4. The Balaban J connectivity index is 1.27. The molecule has 2 heterocycles. The van der Waals surface area contributed by atoms with Gasteiger partial charge in [-0.3, -0.25) is 9.79 Å². The Bertz CT molecular complexity index is 1530. The number of rotatable bonds is 6. The number of likely N-dealkylation sites (N-methyl/N-ethyl adjacent to an activating group) is 1. The zero-order valence-electron chi connectivity index (χ0n) is 25.8. The number of aromatic nitrogens is 2. The maximum Gasteiger partial charge on any atom is 0.421 e. The summed E-state index contributed by atoms with van der Waals surface area (Å²) in [6.45, 7) is 5.75. The number of amides is 3. The third-order valence-electron chi connectivity index (χ3n) is 7.75. The first kappa shape index (κ1) is 30.8. The number of aliphatic imine (C=N–C) groups is 1. The van der Waals surface area contributed by atoms with Crippen molar-refractivity contribution >= 4 is 41.1 Å². The second kappa shape index (κ2) is 13.3. The molecule has 2 aromatic carbocycles. The van der Waals surface area contributed by atoms with Gasteiger partial charge in [0.15, 0.2) is 0 Å². The van der Waals surface area contributed by atoms with Gasteiger partial charge in [-0.25, -0.2) is 19.1 Å². The summed E-state index contributed by atoms with van der Waals surface area (Å²) >= 11 is 0. The van der Waals surface area contributed by atoms with E-state index in [1.807, 2.05) is 42.5 Å². The molecule has 5 rings (SSSR count). The number of fused-ring (bicyclic) bond motifs is 1. The van der Waals surface area contributed by atoms with Crippen molar-refractivity contribution in [2.45, 2.75) is 77.6 Å². The van der Waals surface area contributed by atoms with E-state index in [9.17, 15) is 14.4 Å². The monoisotopic (exact) mass is 599 g/mol. The second-order valence-electron chi connectivity index (χ2n) is 12.3. The van der Waals surface area contributed by atoms with Gasteiger partial charge in [0.25, 0.3) is 5.91 Å². The van der Waals surface area contributed by atoms with Crippen molar-refractivity contribution < 1.29 is 19.1 Å². The SMILES string of the molecule is CN1C(=O)[C@H](NC(=O)Nc2cccc(CNc3nccn3C(=O)OC(C)(C)C)c2)N=C(C2CCCCCC2)c2ccccc21. The van der Waals surface area contributed by atoms with Crippen molar-refractivity contribution in [3.63, 3.8) is 0 Å². The molecule has 1 saturated carbocycles. The Morgan fingerprint density at radius 1 is 1.02 bits per heavy atom. The van der Waals surface area contributed by atoms with E-state index in [1.165, 1.54) is 29.8 Å². The highest BCUT2D eigenvalue weighted by molar-refractivity contribution is 6.14. The largest absolute Gasteiger partial charge is 0.443 e. The Morgan fingerprint density at radius 3 is 2.52 bits per heavy atom.